The highest BCUT2D eigenvalue weighted by atomic mass is 16.2. The lowest BCUT2D eigenvalue weighted by Crippen LogP contribution is -2.23. The van der Waals surface area contributed by atoms with Crippen LogP contribution < -0.4 is 10.7 Å². The maximum atomic E-state index is 12.6. The zero-order valence-electron chi connectivity index (χ0n) is 13.4. The van der Waals surface area contributed by atoms with Crippen molar-refractivity contribution in [3.8, 4) is 0 Å². The van der Waals surface area contributed by atoms with E-state index in [0.717, 1.165) is 16.6 Å². The molecule has 0 aliphatic rings. The fourth-order valence-electron chi connectivity index (χ4n) is 2.85. The SMILES string of the molecule is Cc1cc(C)cc(NC(=O)c2cn(C)c3ccccc3c2=O)c1. The Bertz CT molecular complexity index is 951. The Labute approximate surface area is 134 Å². The van der Waals surface area contributed by atoms with Gasteiger partial charge in [0, 0.05) is 24.3 Å². The van der Waals surface area contributed by atoms with Gasteiger partial charge in [0.25, 0.3) is 5.91 Å². The van der Waals surface area contributed by atoms with Gasteiger partial charge in [-0.25, -0.2) is 0 Å². The summed E-state index contributed by atoms with van der Waals surface area (Å²) in [5.41, 5.74) is 3.52. The number of aryl methyl sites for hydroxylation is 3. The molecule has 0 unspecified atom stereocenters. The topological polar surface area (TPSA) is 51.1 Å². The summed E-state index contributed by atoms with van der Waals surface area (Å²) in [6, 6.07) is 13.1. The standard InChI is InChI=1S/C19H18N2O2/c1-12-8-13(2)10-14(9-12)20-19(23)16-11-21(3)17-7-5-4-6-15(17)18(16)22/h4-11H,1-3H3,(H,20,23). The summed E-state index contributed by atoms with van der Waals surface area (Å²) in [5, 5.41) is 3.36. The Kier molecular flexibility index (Phi) is 3.74. The van der Waals surface area contributed by atoms with Crippen LogP contribution in [0.2, 0.25) is 0 Å². The van der Waals surface area contributed by atoms with E-state index in [0.29, 0.717) is 11.1 Å². The second-order valence-electron chi connectivity index (χ2n) is 5.83. The molecule has 1 aromatic heterocycles. The Balaban J connectivity index is 2.04. The number of nitrogens with one attached hydrogen (secondary N) is 1. The van der Waals surface area contributed by atoms with E-state index in [2.05, 4.69) is 5.32 Å². The first kappa shape index (κ1) is 15.0. The van der Waals surface area contributed by atoms with Crippen LogP contribution in [0.25, 0.3) is 10.9 Å². The number of benzene rings is 2. The number of hydrogen-bond acceptors (Lipinski definition) is 2. The first-order valence-corrected chi connectivity index (χ1v) is 7.44. The molecule has 0 aliphatic heterocycles. The monoisotopic (exact) mass is 306 g/mol. The van der Waals surface area contributed by atoms with Gasteiger partial charge in [-0.15, -0.1) is 0 Å². The predicted octanol–water partition coefficient (Wildman–Crippen LogP) is 3.41. The van der Waals surface area contributed by atoms with Gasteiger partial charge in [-0.1, -0.05) is 18.2 Å². The molecule has 3 aromatic rings. The van der Waals surface area contributed by atoms with Crippen LogP contribution in [-0.4, -0.2) is 10.5 Å². The predicted molar refractivity (Wildman–Crippen MR) is 93.1 cm³/mol. The Morgan fingerprint density at radius 2 is 1.70 bits per heavy atom. The molecule has 2 aromatic carbocycles. The Morgan fingerprint density at radius 1 is 1.04 bits per heavy atom. The fraction of sp³-hybridized carbons (Fsp3) is 0.158. The number of para-hydroxylation sites is 1. The van der Waals surface area contributed by atoms with Crippen molar-refractivity contribution in [3.63, 3.8) is 0 Å². The lowest BCUT2D eigenvalue weighted by atomic mass is 10.1. The van der Waals surface area contributed by atoms with Gasteiger partial charge >= 0.3 is 0 Å². The Morgan fingerprint density at radius 3 is 2.39 bits per heavy atom. The summed E-state index contributed by atoms with van der Waals surface area (Å²) in [4.78, 5) is 25.1. The van der Waals surface area contributed by atoms with Gasteiger partial charge in [-0.2, -0.15) is 0 Å². The molecule has 0 aliphatic carbocycles. The maximum absolute atomic E-state index is 12.6. The van der Waals surface area contributed by atoms with Crippen molar-refractivity contribution < 1.29 is 4.79 Å². The van der Waals surface area contributed by atoms with E-state index >= 15 is 0 Å². The molecule has 116 valence electrons. The van der Waals surface area contributed by atoms with Crippen molar-refractivity contribution in [2.24, 2.45) is 7.05 Å². The number of fused-ring (bicyclic) bond motifs is 1. The van der Waals surface area contributed by atoms with Crippen molar-refractivity contribution in [1.29, 1.82) is 0 Å². The van der Waals surface area contributed by atoms with E-state index < -0.39 is 0 Å². The van der Waals surface area contributed by atoms with Crippen molar-refractivity contribution >= 4 is 22.5 Å². The largest absolute Gasteiger partial charge is 0.350 e. The fourth-order valence-corrected chi connectivity index (χ4v) is 2.85. The molecule has 4 nitrogen and oxygen atoms in total. The summed E-state index contributed by atoms with van der Waals surface area (Å²) in [6.07, 6.45) is 1.59. The zero-order chi connectivity index (χ0) is 16.6. The molecule has 1 N–H and O–H groups in total. The Hall–Kier alpha value is -2.88. The quantitative estimate of drug-likeness (QED) is 0.789. The lowest BCUT2D eigenvalue weighted by Gasteiger charge is -2.10. The molecular weight excluding hydrogens is 288 g/mol. The summed E-state index contributed by atoms with van der Waals surface area (Å²) >= 11 is 0. The molecule has 1 amide bonds. The van der Waals surface area contributed by atoms with Crippen LogP contribution in [0.4, 0.5) is 5.69 Å². The van der Waals surface area contributed by atoms with Crippen LogP contribution in [0.3, 0.4) is 0 Å². The van der Waals surface area contributed by atoms with E-state index in [1.54, 1.807) is 22.9 Å². The van der Waals surface area contributed by atoms with Crippen molar-refractivity contribution in [3.05, 3.63) is 75.6 Å². The average molecular weight is 306 g/mol. The minimum absolute atomic E-state index is 0.144. The number of hydrogen-bond donors (Lipinski definition) is 1. The number of anilines is 1. The summed E-state index contributed by atoms with van der Waals surface area (Å²) in [5.74, 6) is -0.388. The zero-order valence-corrected chi connectivity index (χ0v) is 13.4. The van der Waals surface area contributed by atoms with Gasteiger partial charge < -0.3 is 9.88 Å². The number of amides is 1. The maximum Gasteiger partial charge on any atom is 0.261 e. The van der Waals surface area contributed by atoms with E-state index in [1.807, 2.05) is 51.2 Å². The molecule has 23 heavy (non-hydrogen) atoms. The average Bonchev–Trinajstić information content (AvgIpc) is 2.50. The highest BCUT2D eigenvalue weighted by Gasteiger charge is 2.14. The van der Waals surface area contributed by atoms with Crippen LogP contribution in [0.15, 0.2) is 53.5 Å². The molecule has 3 rings (SSSR count). The first-order chi connectivity index (χ1) is 11.0. The minimum atomic E-state index is -0.388. The van der Waals surface area contributed by atoms with E-state index in [9.17, 15) is 9.59 Å². The summed E-state index contributed by atoms with van der Waals surface area (Å²) in [7, 11) is 1.83. The molecule has 0 radical (unpaired) electrons. The molecule has 0 spiro atoms. The lowest BCUT2D eigenvalue weighted by molar-refractivity contribution is 0.102. The molecule has 1 heterocycles. The van der Waals surface area contributed by atoms with Gasteiger partial charge in [0.2, 0.25) is 5.43 Å². The molecule has 0 fully saturated rings. The normalized spacial score (nSPS) is 10.7. The number of carbonyl (C=O) groups is 1. The van der Waals surface area contributed by atoms with Crippen molar-refractivity contribution in [2.75, 3.05) is 5.32 Å². The second-order valence-corrected chi connectivity index (χ2v) is 5.83. The van der Waals surface area contributed by atoms with Gasteiger partial charge in [-0.05, 0) is 49.2 Å². The third-order valence-electron chi connectivity index (χ3n) is 3.82. The van der Waals surface area contributed by atoms with Gasteiger partial charge in [-0.3, -0.25) is 9.59 Å². The number of aromatic nitrogens is 1. The third kappa shape index (κ3) is 2.88. The minimum Gasteiger partial charge on any atom is -0.350 e. The van der Waals surface area contributed by atoms with Crippen LogP contribution >= 0.6 is 0 Å². The van der Waals surface area contributed by atoms with Crippen LogP contribution in [-0.2, 0) is 7.05 Å². The van der Waals surface area contributed by atoms with Gasteiger partial charge in [0.15, 0.2) is 0 Å². The number of rotatable bonds is 2. The van der Waals surface area contributed by atoms with Crippen LogP contribution in [0.5, 0.6) is 0 Å². The van der Waals surface area contributed by atoms with E-state index in [1.165, 1.54) is 0 Å². The molecule has 0 atom stereocenters. The number of nitrogens with zero attached hydrogens (tertiary/aromatic N) is 1. The van der Waals surface area contributed by atoms with Gasteiger partial charge in [0.1, 0.15) is 5.56 Å². The molecule has 0 saturated heterocycles. The summed E-state index contributed by atoms with van der Waals surface area (Å²) < 4.78 is 1.80. The highest BCUT2D eigenvalue weighted by Crippen LogP contribution is 2.15. The van der Waals surface area contributed by atoms with Gasteiger partial charge in [0.05, 0.1) is 5.52 Å². The van der Waals surface area contributed by atoms with E-state index in [-0.39, 0.29) is 16.9 Å². The molecule has 4 heteroatoms. The van der Waals surface area contributed by atoms with Crippen LogP contribution in [0.1, 0.15) is 21.5 Å². The smallest absolute Gasteiger partial charge is 0.261 e. The summed E-state index contributed by atoms with van der Waals surface area (Å²) in [6.45, 7) is 3.94. The molecule has 0 bridgehead atoms. The second kappa shape index (κ2) is 5.72. The van der Waals surface area contributed by atoms with Crippen molar-refractivity contribution in [1.82, 2.24) is 4.57 Å². The van der Waals surface area contributed by atoms with E-state index in [4.69, 9.17) is 0 Å². The third-order valence-corrected chi connectivity index (χ3v) is 3.82. The highest BCUT2D eigenvalue weighted by molar-refractivity contribution is 6.05. The van der Waals surface area contributed by atoms with Crippen molar-refractivity contribution in [2.45, 2.75) is 13.8 Å². The number of carbonyl (C=O) groups excluding carboxylic acids is 1. The first-order valence-electron chi connectivity index (χ1n) is 7.44. The van der Waals surface area contributed by atoms with Crippen LogP contribution in [0, 0.1) is 13.8 Å². The molecule has 0 saturated carbocycles. The molecular formula is C19H18N2O2. The number of pyridine rings is 1.